The van der Waals surface area contributed by atoms with E-state index >= 15 is 0 Å². The number of hydrogen-bond acceptors (Lipinski definition) is 2. The van der Waals surface area contributed by atoms with Crippen LogP contribution in [0.4, 0.5) is 0 Å². The maximum atomic E-state index is 5.89. The molecule has 2 aromatic rings. The Morgan fingerprint density at radius 3 is 2.67 bits per heavy atom. The zero-order chi connectivity index (χ0) is 8.72. The number of aromatic nitrogens is 3. The van der Waals surface area contributed by atoms with Gasteiger partial charge in [0, 0.05) is 4.47 Å². The summed E-state index contributed by atoms with van der Waals surface area (Å²) in [5.74, 6) is 0. The number of H-pyrrole nitrogens is 1. The third kappa shape index (κ3) is 1.16. The molecule has 0 fully saturated rings. The van der Waals surface area contributed by atoms with Crippen molar-refractivity contribution in [3.05, 3.63) is 20.0 Å². The molecule has 0 aliphatic heterocycles. The standard InChI is InChI=1S/C6H2Br2ClN3/c7-2-1-3(9)4(8)6-5(2)10-12-11-6/h1H,(H,10,11,12). The zero-order valence-electron chi connectivity index (χ0n) is 5.61. The summed E-state index contributed by atoms with van der Waals surface area (Å²) in [6.45, 7) is 0. The molecule has 0 atom stereocenters. The summed E-state index contributed by atoms with van der Waals surface area (Å²) in [6, 6.07) is 1.77. The van der Waals surface area contributed by atoms with E-state index in [1.807, 2.05) is 0 Å². The van der Waals surface area contributed by atoms with Crippen LogP contribution >= 0.6 is 43.5 Å². The number of nitrogens with one attached hydrogen (secondary N) is 1. The van der Waals surface area contributed by atoms with E-state index in [1.165, 1.54) is 0 Å². The Balaban J connectivity index is 2.97. The third-order valence-electron chi connectivity index (χ3n) is 1.45. The lowest BCUT2D eigenvalue weighted by atomic mass is 10.3. The molecule has 0 aliphatic rings. The van der Waals surface area contributed by atoms with Crippen molar-refractivity contribution in [3.63, 3.8) is 0 Å². The van der Waals surface area contributed by atoms with Gasteiger partial charge in [0.25, 0.3) is 0 Å². The van der Waals surface area contributed by atoms with E-state index in [9.17, 15) is 0 Å². The van der Waals surface area contributed by atoms with Crippen molar-refractivity contribution in [2.75, 3.05) is 0 Å². The summed E-state index contributed by atoms with van der Waals surface area (Å²) >= 11 is 12.5. The number of aromatic amines is 1. The Bertz CT molecular complexity index is 440. The lowest BCUT2D eigenvalue weighted by Crippen LogP contribution is -1.76. The van der Waals surface area contributed by atoms with Gasteiger partial charge in [0.05, 0.1) is 9.50 Å². The summed E-state index contributed by atoms with van der Waals surface area (Å²) < 4.78 is 1.59. The molecule has 0 saturated heterocycles. The van der Waals surface area contributed by atoms with Gasteiger partial charge in [0.15, 0.2) is 0 Å². The van der Waals surface area contributed by atoms with Crippen molar-refractivity contribution in [2.24, 2.45) is 0 Å². The lowest BCUT2D eigenvalue weighted by molar-refractivity contribution is 0.958. The molecule has 6 heteroatoms. The van der Waals surface area contributed by atoms with Gasteiger partial charge in [-0.1, -0.05) is 11.6 Å². The molecule has 0 saturated carbocycles. The van der Waals surface area contributed by atoms with E-state index in [-0.39, 0.29) is 0 Å². The van der Waals surface area contributed by atoms with Gasteiger partial charge in [-0.2, -0.15) is 15.4 Å². The number of nitrogens with zero attached hydrogens (tertiary/aromatic N) is 2. The van der Waals surface area contributed by atoms with Crippen LogP contribution in [0.2, 0.25) is 5.02 Å². The first-order valence-electron chi connectivity index (χ1n) is 3.04. The van der Waals surface area contributed by atoms with Crippen LogP contribution in [0.15, 0.2) is 15.0 Å². The predicted molar refractivity (Wildman–Crippen MR) is 54.3 cm³/mol. The van der Waals surface area contributed by atoms with Crippen molar-refractivity contribution in [3.8, 4) is 0 Å². The van der Waals surface area contributed by atoms with Gasteiger partial charge >= 0.3 is 0 Å². The Morgan fingerprint density at radius 1 is 1.25 bits per heavy atom. The van der Waals surface area contributed by atoms with Crippen LogP contribution in [0, 0.1) is 0 Å². The summed E-state index contributed by atoms with van der Waals surface area (Å²) in [5, 5.41) is 11.0. The second-order valence-electron chi connectivity index (χ2n) is 2.18. The summed E-state index contributed by atoms with van der Waals surface area (Å²) in [7, 11) is 0. The smallest absolute Gasteiger partial charge is 0.129 e. The predicted octanol–water partition coefficient (Wildman–Crippen LogP) is 3.14. The summed E-state index contributed by atoms with van der Waals surface area (Å²) in [4.78, 5) is 0. The van der Waals surface area contributed by atoms with Crippen molar-refractivity contribution >= 4 is 54.5 Å². The first-order chi connectivity index (χ1) is 5.70. The highest BCUT2D eigenvalue weighted by atomic mass is 79.9. The fourth-order valence-electron chi connectivity index (χ4n) is 0.907. The van der Waals surface area contributed by atoms with Gasteiger partial charge in [0.2, 0.25) is 0 Å². The van der Waals surface area contributed by atoms with Gasteiger partial charge in [0.1, 0.15) is 11.0 Å². The van der Waals surface area contributed by atoms with Gasteiger partial charge in [-0.25, -0.2) is 0 Å². The highest BCUT2D eigenvalue weighted by Crippen LogP contribution is 2.33. The van der Waals surface area contributed by atoms with Gasteiger partial charge in [-0.05, 0) is 37.9 Å². The highest BCUT2D eigenvalue weighted by Gasteiger charge is 2.10. The molecule has 1 N–H and O–H groups in total. The minimum atomic E-state index is 0.614. The monoisotopic (exact) mass is 309 g/mol. The fourth-order valence-corrected chi connectivity index (χ4v) is 2.13. The molecule has 0 radical (unpaired) electrons. The molecule has 12 heavy (non-hydrogen) atoms. The van der Waals surface area contributed by atoms with Gasteiger partial charge in [-0.3, -0.25) is 0 Å². The summed E-state index contributed by atoms with van der Waals surface area (Å²) in [6.07, 6.45) is 0. The lowest BCUT2D eigenvalue weighted by Gasteiger charge is -1.96. The molecule has 0 amide bonds. The van der Waals surface area contributed by atoms with E-state index in [4.69, 9.17) is 11.6 Å². The normalized spacial score (nSPS) is 10.9. The van der Waals surface area contributed by atoms with Crippen LogP contribution in [0.1, 0.15) is 0 Å². The molecule has 0 spiro atoms. The Hall–Kier alpha value is -0.130. The van der Waals surface area contributed by atoms with Crippen molar-refractivity contribution in [2.45, 2.75) is 0 Å². The molecular weight excluding hydrogens is 309 g/mol. The SMILES string of the molecule is Clc1cc(Br)c2n[nH]nc2c1Br. The molecule has 0 unspecified atom stereocenters. The van der Waals surface area contributed by atoms with E-state index in [1.54, 1.807) is 6.07 Å². The summed E-state index contributed by atoms with van der Waals surface area (Å²) in [5.41, 5.74) is 1.50. The van der Waals surface area contributed by atoms with Crippen LogP contribution in [0.3, 0.4) is 0 Å². The number of fused-ring (bicyclic) bond motifs is 1. The first kappa shape index (κ1) is 8.47. The van der Waals surface area contributed by atoms with Crippen LogP contribution < -0.4 is 0 Å². The fraction of sp³-hybridized carbons (Fsp3) is 0. The van der Waals surface area contributed by atoms with E-state index in [0.29, 0.717) is 5.02 Å². The minimum Gasteiger partial charge on any atom is -0.197 e. The Labute approximate surface area is 89.7 Å². The maximum absolute atomic E-state index is 5.89. The number of benzene rings is 1. The van der Waals surface area contributed by atoms with E-state index in [0.717, 1.165) is 20.0 Å². The molecule has 1 aromatic carbocycles. The molecule has 1 heterocycles. The quantitative estimate of drug-likeness (QED) is 0.760. The van der Waals surface area contributed by atoms with Crippen LogP contribution in [-0.4, -0.2) is 15.4 Å². The third-order valence-corrected chi connectivity index (χ3v) is 3.38. The Morgan fingerprint density at radius 2 is 1.92 bits per heavy atom. The van der Waals surface area contributed by atoms with Gasteiger partial charge in [-0.15, -0.1) is 0 Å². The molecule has 2 rings (SSSR count). The second-order valence-corrected chi connectivity index (χ2v) is 4.23. The molecule has 0 aliphatic carbocycles. The maximum Gasteiger partial charge on any atom is 0.129 e. The highest BCUT2D eigenvalue weighted by molar-refractivity contribution is 9.11. The molecule has 62 valence electrons. The topological polar surface area (TPSA) is 41.6 Å². The molecular formula is C6H2Br2ClN3. The largest absolute Gasteiger partial charge is 0.197 e. The number of halogens is 3. The van der Waals surface area contributed by atoms with Crippen LogP contribution in [-0.2, 0) is 0 Å². The van der Waals surface area contributed by atoms with Crippen LogP contribution in [0.25, 0.3) is 11.0 Å². The van der Waals surface area contributed by atoms with Crippen molar-refractivity contribution < 1.29 is 0 Å². The number of hydrogen-bond donors (Lipinski definition) is 1. The second kappa shape index (κ2) is 2.97. The molecule has 0 bridgehead atoms. The zero-order valence-corrected chi connectivity index (χ0v) is 9.53. The average Bonchev–Trinajstić information content (AvgIpc) is 2.48. The molecule has 1 aromatic heterocycles. The van der Waals surface area contributed by atoms with E-state index < -0.39 is 0 Å². The van der Waals surface area contributed by atoms with Crippen molar-refractivity contribution in [1.82, 2.24) is 15.4 Å². The van der Waals surface area contributed by atoms with E-state index in [2.05, 4.69) is 47.3 Å². The molecule has 3 nitrogen and oxygen atoms in total. The average molecular weight is 311 g/mol. The van der Waals surface area contributed by atoms with Gasteiger partial charge < -0.3 is 0 Å². The minimum absolute atomic E-state index is 0.614. The Kier molecular flexibility index (Phi) is 2.10. The first-order valence-corrected chi connectivity index (χ1v) is 5.00. The number of rotatable bonds is 0. The van der Waals surface area contributed by atoms with Crippen LogP contribution in [0.5, 0.6) is 0 Å². The van der Waals surface area contributed by atoms with Crippen molar-refractivity contribution in [1.29, 1.82) is 0 Å².